The van der Waals surface area contributed by atoms with E-state index in [0.29, 0.717) is 34.6 Å². The average molecular weight is 313 g/mol. The largest absolute Gasteiger partial charge is 0.348 e. The topological polar surface area (TPSA) is 85.8 Å². The number of carbonyl (C=O) groups is 1. The smallest absolute Gasteiger partial charge is 0.258 e. The molecule has 0 aliphatic heterocycles. The standard InChI is InChI=1S/C16H19N5O2/c1-9-5-6-21(19-9)8-11(3)17-15(22)13-7-10(2)18-16-14(13)12(4)20-23-16/h5-7,11H,8H2,1-4H3,(H,17,22)/t11-/m0/s1. The van der Waals surface area contributed by atoms with Gasteiger partial charge in [-0.05, 0) is 39.8 Å². The van der Waals surface area contributed by atoms with E-state index < -0.39 is 0 Å². The van der Waals surface area contributed by atoms with E-state index in [1.807, 2.05) is 37.7 Å². The number of hydrogen-bond donors (Lipinski definition) is 1. The van der Waals surface area contributed by atoms with Gasteiger partial charge < -0.3 is 9.84 Å². The molecule has 0 radical (unpaired) electrons. The Hall–Kier alpha value is -2.70. The minimum Gasteiger partial charge on any atom is -0.348 e. The highest BCUT2D eigenvalue weighted by atomic mass is 16.5. The fraction of sp³-hybridized carbons (Fsp3) is 0.375. The van der Waals surface area contributed by atoms with Gasteiger partial charge in [-0.15, -0.1) is 0 Å². The number of aromatic nitrogens is 4. The molecule has 7 heteroatoms. The lowest BCUT2D eigenvalue weighted by atomic mass is 10.1. The quantitative estimate of drug-likeness (QED) is 0.797. The van der Waals surface area contributed by atoms with E-state index in [4.69, 9.17) is 4.52 Å². The molecule has 0 aromatic carbocycles. The Bertz CT molecular complexity index is 865. The van der Waals surface area contributed by atoms with Crippen LogP contribution in [0, 0.1) is 20.8 Å². The highest BCUT2D eigenvalue weighted by Gasteiger charge is 2.19. The lowest BCUT2D eigenvalue weighted by Crippen LogP contribution is -2.36. The second-order valence-electron chi connectivity index (χ2n) is 5.81. The normalized spacial score (nSPS) is 12.5. The van der Waals surface area contributed by atoms with Crippen LogP contribution >= 0.6 is 0 Å². The zero-order valence-electron chi connectivity index (χ0n) is 13.6. The van der Waals surface area contributed by atoms with Crippen LogP contribution in [0.4, 0.5) is 0 Å². The van der Waals surface area contributed by atoms with E-state index in [1.165, 1.54) is 0 Å². The summed E-state index contributed by atoms with van der Waals surface area (Å²) >= 11 is 0. The molecule has 0 saturated heterocycles. The number of nitrogens with zero attached hydrogens (tertiary/aromatic N) is 4. The second-order valence-corrected chi connectivity index (χ2v) is 5.81. The molecule has 120 valence electrons. The van der Waals surface area contributed by atoms with Gasteiger partial charge in [-0.3, -0.25) is 9.48 Å². The lowest BCUT2D eigenvalue weighted by Gasteiger charge is -2.14. The molecule has 1 atom stereocenters. The monoisotopic (exact) mass is 313 g/mol. The van der Waals surface area contributed by atoms with Crippen LogP contribution in [-0.4, -0.2) is 31.9 Å². The third kappa shape index (κ3) is 3.08. The summed E-state index contributed by atoms with van der Waals surface area (Å²) in [6.45, 7) is 8.11. The third-order valence-electron chi connectivity index (χ3n) is 3.60. The molecule has 0 unspecified atom stereocenters. The molecule has 3 aromatic heterocycles. The minimum absolute atomic E-state index is 0.0644. The number of hydrogen-bond acceptors (Lipinski definition) is 5. The van der Waals surface area contributed by atoms with Crippen LogP contribution in [0.2, 0.25) is 0 Å². The van der Waals surface area contributed by atoms with Gasteiger partial charge in [-0.25, -0.2) is 4.98 Å². The predicted octanol–water partition coefficient (Wildman–Crippen LogP) is 2.16. The molecule has 23 heavy (non-hydrogen) atoms. The summed E-state index contributed by atoms with van der Waals surface area (Å²) in [4.78, 5) is 16.9. The van der Waals surface area contributed by atoms with Gasteiger partial charge >= 0.3 is 0 Å². The maximum atomic E-state index is 12.6. The molecule has 0 fully saturated rings. The van der Waals surface area contributed by atoms with Gasteiger partial charge in [0.1, 0.15) is 0 Å². The van der Waals surface area contributed by atoms with Gasteiger partial charge in [0.15, 0.2) is 0 Å². The molecular formula is C16H19N5O2. The van der Waals surface area contributed by atoms with Gasteiger partial charge in [-0.2, -0.15) is 5.10 Å². The molecular weight excluding hydrogens is 294 g/mol. The number of amides is 1. The van der Waals surface area contributed by atoms with Crippen molar-refractivity contribution in [3.8, 4) is 0 Å². The van der Waals surface area contributed by atoms with Crippen molar-refractivity contribution in [1.29, 1.82) is 0 Å². The van der Waals surface area contributed by atoms with Crippen LogP contribution in [0.25, 0.3) is 11.1 Å². The van der Waals surface area contributed by atoms with Crippen LogP contribution < -0.4 is 5.32 Å². The number of pyridine rings is 1. The zero-order chi connectivity index (χ0) is 16.6. The van der Waals surface area contributed by atoms with E-state index in [1.54, 1.807) is 13.0 Å². The lowest BCUT2D eigenvalue weighted by molar-refractivity contribution is 0.0937. The summed E-state index contributed by atoms with van der Waals surface area (Å²) in [5.41, 5.74) is 3.26. The molecule has 3 heterocycles. The fourth-order valence-electron chi connectivity index (χ4n) is 2.59. The van der Waals surface area contributed by atoms with Crippen LogP contribution in [0.5, 0.6) is 0 Å². The number of carbonyl (C=O) groups excluding carboxylic acids is 1. The maximum absolute atomic E-state index is 12.6. The van der Waals surface area contributed by atoms with E-state index >= 15 is 0 Å². The van der Waals surface area contributed by atoms with E-state index in [9.17, 15) is 4.79 Å². The first-order valence-electron chi connectivity index (χ1n) is 7.48. The van der Waals surface area contributed by atoms with Crippen molar-refractivity contribution in [3.63, 3.8) is 0 Å². The average Bonchev–Trinajstić information content (AvgIpc) is 3.04. The summed E-state index contributed by atoms with van der Waals surface area (Å²) < 4.78 is 6.99. The summed E-state index contributed by atoms with van der Waals surface area (Å²) in [5, 5.41) is 11.9. The first-order valence-corrected chi connectivity index (χ1v) is 7.48. The summed E-state index contributed by atoms with van der Waals surface area (Å²) in [7, 11) is 0. The Balaban J connectivity index is 1.81. The van der Waals surface area contributed by atoms with E-state index in [0.717, 1.165) is 5.69 Å². The molecule has 3 rings (SSSR count). The summed E-state index contributed by atoms with van der Waals surface area (Å²) in [6, 6.07) is 3.63. The van der Waals surface area contributed by atoms with Crippen molar-refractivity contribution in [2.24, 2.45) is 0 Å². The Morgan fingerprint density at radius 2 is 2.13 bits per heavy atom. The molecule has 1 N–H and O–H groups in total. The van der Waals surface area contributed by atoms with Crippen molar-refractivity contribution in [3.05, 3.63) is 41.0 Å². The summed E-state index contributed by atoms with van der Waals surface area (Å²) in [5.74, 6) is -0.164. The molecule has 1 amide bonds. The zero-order valence-corrected chi connectivity index (χ0v) is 13.6. The number of aryl methyl sites for hydroxylation is 3. The number of fused-ring (bicyclic) bond motifs is 1. The second kappa shape index (κ2) is 5.83. The van der Waals surface area contributed by atoms with E-state index in [-0.39, 0.29) is 11.9 Å². The Kier molecular flexibility index (Phi) is 3.85. The molecule has 0 aliphatic carbocycles. The molecule has 0 spiro atoms. The van der Waals surface area contributed by atoms with Crippen molar-refractivity contribution >= 4 is 17.0 Å². The van der Waals surface area contributed by atoms with Crippen LogP contribution in [0.3, 0.4) is 0 Å². The van der Waals surface area contributed by atoms with Crippen LogP contribution in [0.1, 0.15) is 34.4 Å². The highest BCUT2D eigenvalue weighted by molar-refractivity contribution is 6.06. The fourth-order valence-corrected chi connectivity index (χ4v) is 2.59. The van der Waals surface area contributed by atoms with Gasteiger partial charge in [0.25, 0.3) is 11.6 Å². The predicted molar refractivity (Wildman–Crippen MR) is 85.2 cm³/mol. The highest BCUT2D eigenvalue weighted by Crippen LogP contribution is 2.21. The maximum Gasteiger partial charge on any atom is 0.258 e. The first-order chi connectivity index (χ1) is 10.9. The number of rotatable bonds is 4. The summed E-state index contributed by atoms with van der Waals surface area (Å²) in [6.07, 6.45) is 1.90. The van der Waals surface area contributed by atoms with Gasteiger partial charge in [0.05, 0.1) is 28.9 Å². The molecule has 3 aromatic rings. The Morgan fingerprint density at radius 3 is 2.83 bits per heavy atom. The third-order valence-corrected chi connectivity index (χ3v) is 3.60. The van der Waals surface area contributed by atoms with E-state index in [2.05, 4.69) is 20.6 Å². The van der Waals surface area contributed by atoms with Crippen molar-refractivity contribution in [1.82, 2.24) is 25.2 Å². The SMILES string of the molecule is Cc1cc(C(=O)N[C@@H](C)Cn2ccc(C)n2)c2c(C)noc2n1. The van der Waals surface area contributed by atoms with Crippen LogP contribution in [0.15, 0.2) is 22.9 Å². The van der Waals surface area contributed by atoms with Crippen molar-refractivity contribution in [2.45, 2.75) is 40.3 Å². The molecule has 0 saturated carbocycles. The molecule has 7 nitrogen and oxygen atoms in total. The van der Waals surface area contributed by atoms with Crippen molar-refractivity contribution < 1.29 is 9.32 Å². The molecule has 0 aliphatic rings. The number of nitrogens with one attached hydrogen (secondary N) is 1. The first kappa shape index (κ1) is 15.2. The Labute approximate surface area is 133 Å². The van der Waals surface area contributed by atoms with Gasteiger partial charge in [0, 0.05) is 17.9 Å². The van der Waals surface area contributed by atoms with Gasteiger partial charge in [0.2, 0.25) is 0 Å². The Morgan fingerprint density at radius 1 is 1.35 bits per heavy atom. The van der Waals surface area contributed by atoms with Crippen molar-refractivity contribution in [2.75, 3.05) is 0 Å². The van der Waals surface area contributed by atoms with Gasteiger partial charge in [-0.1, -0.05) is 5.16 Å². The van der Waals surface area contributed by atoms with Crippen LogP contribution in [-0.2, 0) is 6.54 Å². The molecule has 0 bridgehead atoms. The minimum atomic E-state index is -0.164.